The lowest BCUT2D eigenvalue weighted by Gasteiger charge is -2.28. The summed E-state index contributed by atoms with van der Waals surface area (Å²) < 4.78 is 10.4. The average Bonchev–Trinajstić information content (AvgIpc) is 3.54. The van der Waals surface area contributed by atoms with E-state index in [2.05, 4.69) is 58.3 Å². The first-order chi connectivity index (χ1) is 16.7. The highest BCUT2D eigenvalue weighted by molar-refractivity contribution is 5.31. The Morgan fingerprint density at radius 1 is 0.600 bits per heavy atom. The Hall–Kier alpha value is -2.04. The summed E-state index contributed by atoms with van der Waals surface area (Å²) in [6.45, 7) is 5.16. The molecule has 0 saturated carbocycles. The van der Waals surface area contributed by atoms with E-state index < -0.39 is 0 Å². The van der Waals surface area contributed by atoms with Crippen molar-refractivity contribution < 1.29 is 9.47 Å². The molecule has 4 atom stereocenters. The molecular formula is C31H46N2O2. The fraction of sp³-hybridized carbons (Fsp3) is 0.613. The highest BCUT2D eigenvalue weighted by Gasteiger charge is 2.35. The number of benzene rings is 2. The molecule has 0 aliphatic carbocycles. The molecule has 0 N–H and O–H groups in total. The van der Waals surface area contributed by atoms with Crippen LogP contribution in [0.3, 0.4) is 0 Å². The molecule has 2 aromatic rings. The second kappa shape index (κ2) is 12.3. The van der Waals surface area contributed by atoms with Crippen LogP contribution in [-0.2, 0) is 0 Å². The SMILES string of the molecule is C.COc1ccc([C@@H]2C[C@@H]3CCCCN3C2)cc1.COc1ccc([C@H]2C[C@@H]3CCCCN3C2)cc1. The Balaban J connectivity index is 0.000000160. The molecular weight excluding hydrogens is 432 g/mol. The highest BCUT2D eigenvalue weighted by atomic mass is 16.5. The van der Waals surface area contributed by atoms with Gasteiger partial charge in [0.2, 0.25) is 0 Å². The van der Waals surface area contributed by atoms with E-state index in [1.165, 1.54) is 88.7 Å². The molecule has 0 unspecified atom stereocenters. The van der Waals surface area contributed by atoms with Gasteiger partial charge in [0.1, 0.15) is 11.5 Å². The maximum atomic E-state index is 5.22. The van der Waals surface area contributed by atoms with Crippen LogP contribution in [-0.4, -0.2) is 62.3 Å². The summed E-state index contributed by atoms with van der Waals surface area (Å²) in [4.78, 5) is 5.39. The molecule has 4 aliphatic heterocycles. The average molecular weight is 479 g/mol. The number of piperidine rings is 2. The molecule has 6 rings (SSSR count). The van der Waals surface area contributed by atoms with Crippen LogP contribution in [0.1, 0.15) is 81.8 Å². The summed E-state index contributed by atoms with van der Waals surface area (Å²) in [5.74, 6) is 3.40. The van der Waals surface area contributed by atoms with E-state index in [1.54, 1.807) is 14.2 Å². The van der Waals surface area contributed by atoms with Gasteiger partial charge in [-0.3, -0.25) is 9.80 Å². The molecule has 4 saturated heterocycles. The van der Waals surface area contributed by atoms with Crippen LogP contribution < -0.4 is 9.47 Å². The molecule has 0 aromatic heterocycles. The summed E-state index contributed by atoms with van der Waals surface area (Å²) in [5.41, 5.74) is 2.97. The Kier molecular flexibility index (Phi) is 9.13. The summed E-state index contributed by atoms with van der Waals surface area (Å²) in [6, 6.07) is 19.0. The van der Waals surface area contributed by atoms with Gasteiger partial charge >= 0.3 is 0 Å². The summed E-state index contributed by atoms with van der Waals surface area (Å²) >= 11 is 0. The van der Waals surface area contributed by atoms with Gasteiger partial charge in [-0.2, -0.15) is 0 Å². The van der Waals surface area contributed by atoms with Crippen molar-refractivity contribution in [2.75, 3.05) is 40.4 Å². The fourth-order valence-electron chi connectivity index (χ4n) is 6.74. The van der Waals surface area contributed by atoms with Crippen LogP contribution in [0, 0.1) is 0 Å². The zero-order valence-corrected chi connectivity index (χ0v) is 21.1. The third-order valence-corrected chi connectivity index (χ3v) is 8.70. The van der Waals surface area contributed by atoms with Gasteiger partial charge in [-0.1, -0.05) is 44.5 Å². The van der Waals surface area contributed by atoms with E-state index in [0.717, 1.165) is 35.4 Å². The molecule has 0 amide bonds. The Morgan fingerprint density at radius 2 is 1.00 bits per heavy atom. The smallest absolute Gasteiger partial charge is 0.118 e. The van der Waals surface area contributed by atoms with Crippen molar-refractivity contribution >= 4 is 0 Å². The highest BCUT2D eigenvalue weighted by Crippen LogP contribution is 2.37. The third kappa shape index (κ3) is 6.21. The van der Waals surface area contributed by atoms with Crippen molar-refractivity contribution in [2.24, 2.45) is 0 Å². The predicted octanol–water partition coefficient (Wildman–Crippen LogP) is 6.71. The molecule has 192 valence electrons. The van der Waals surface area contributed by atoms with E-state index in [1.807, 2.05) is 0 Å². The lowest BCUT2D eigenvalue weighted by atomic mass is 9.94. The van der Waals surface area contributed by atoms with E-state index in [9.17, 15) is 0 Å². The predicted molar refractivity (Wildman–Crippen MR) is 146 cm³/mol. The first-order valence-electron chi connectivity index (χ1n) is 13.5. The van der Waals surface area contributed by atoms with E-state index in [4.69, 9.17) is 9.47 Å². The number of rotatable bonds is 4. The largest absolute Gasteiger partial charge is 0.497 e. The zero-order chi connectivity index (χ0) is 23.3. The van der Waals surface area contributed by atoms with Crippen molar-refractivity contribution in [3.05, 3.63) is 59.7 Å². The number of hydrogen-bond acceptors (Lipinski definition) is 4. The molecule has 4 nitrogen and oxygen atoms in total. The summed E-state index contributed by atoms with van der Waals surface area (Å²) in [6.07, 6.45) is 11.2. The van der Waals surface area contributed by atoms with Gasteiger partial charge in [0.05, 0.1) is 14.2 Å². The maximum absolute atomic E-state index is 5.22. The number of nitrogens with zero attached hydrogens (tertiary/aromatic N) is 2. The molecule has 4 fully saturated rings. The molecule has 4 heteroatoms. The number of methoxy groups -OCH3 is 2. The molecule has 0 spiro atoms. The van der Waals surface area contributed by atoms with Gasteiger partial charge in [-0.25, -0.2) is 0 Å². The van der Waals surface area contributed by atoms with Crippen LogP contribution in [0.4, 0.5) is 0 Å². The van der Waals surface area contributed by atoms with Gasteiger partial charge in [-0.05, 0) is 98.8 Å². The minimum absolute atomic E-state index is 0. The normalized spacial score (nSPS) is 28.2. The van der Waals surface area contributed by atoms with Crippen molar-refractivity contribution in [2.45, 2.75) is 82.7 Å². The van der Waals surface area contributed by atoms with Crippen molar-refractivity contribution in [3.63, 3.8) is 0 Å². The zero-order valence-electron chi connectivity index (χ0n) is 21.1. The first-order valence-corrected chi connectivity index (χ1v) is 13.5. The van der Waals surface area contributed by atoms with Crippen LogP contribution >= 0.6 is 0 Å². The topological polar surface area (TPSA) is 24.9 Å². The Bertz CT molecular complexity index is 794. The first kappa shape index (κ1) is 26.0. The molecule has 4 aliphatic rings. The van der Waals surface area contributed by atoms with Gasteiger partial charge in [0.25, 0.3) is 0 Å². The van der Waals surface area contributed by atoms with Crippen LogP contribution in [0.15, 0.2) is 48.5 Å². The van der Waals surface area contributed by atoms with Crippen LogP contribution in [0.25, 0.3) is 0 Å². The van der Waals surface area contributed by atoms with Crippen LogP contribution in [0.5, 0.6) is 11.5 Å². The van der Waals surface area contributed by atoms with E-state index in [-0.39, 0.29) is 7.43 Å². The lowest BCUT2D eigenvalue weighted by molar-refractivity contribution is 0.197. The molecule has 4 heterocycles. The molecule has 0 bridgehead atoms. The second-order valence-electron chi connectivity index (χ2n) is 10.7. The lowest BCUT2D eigenvalue weighted by Crippen LogP contribution is -2.33. The van der Waals surface area contributed by atoms with Gasteiger partial charge in [0.15, 0.2) is 0 Å². The monoisotopic (exact) mass is 478 g/mol. The standard InChI is InChI=1S/2C15H21NO.CH4/c2*1-17-15-7-5-12(6-8-15)13-10-14-4-2-3-9-16(14)11-13;/h2*5-8,13-14H,2-4,9-11H2,1H3;1H4/t13-,14+;13-,14-;/m10./s1. The van der Waals surface area contributed by atoms with Crippen molar-refractivity contribution in [1.29, 1.82) is 0 Å². The summed E-state index contributed by atoms with van der Waals surface area (Å²) in [7, 11) is 3.45. The summed E-state index contributed by atoms with van der Waals surface area (Å²) in [5, 5.41) is 0. The fourth-order valence-corrected chi connectivity index (χ4v) is 6.74. The number of hydrogen-bond donors (Lipinski definition) is 0. The van der Waals surface area contributed by atoms with Gasteiger partial charge in [-0.15, -0.1) is 0 Å². The molecule has 0 radical (unpaired) electrons. The van der Waals surface area contributed by atoms with Crippen molar-refractivity contribution in [1.82, 2.24) is 9.80 Å². The number of ether oxygens (including phenoxy) is 2. The minimum atomic E-state index is 0. The van der Waals surface area contributed by atoms with E-state index in [0.29, 0.717) is 0 Å². The Morgan fingerprint density at radius 3 is 1.34 bits per heavy atom. The quantitative estimate of drug-likeness (QED) is 0.487. The Labute approximate surface area is 213 Å². The van der Waals surface area contributed by atoms with Gasteiger partial charge < -0.3 is 9.47 Å². The second-order valence-corrected chi connectivity index (χ2v) is 10.7. The van der Waals surface area contributed by atoms with E-state index >= 15 is 0 Å². The van der Waals surface area contributed by atoms with Crippen LogP contribution in [0.2, 0.25) is 0 Å². The minimum Gasteiger partial charge on any atom is -0.497 e. The number of fused-ring (bicyclic) bond motifs is 2. The third-order valence-electron chi connectivity index (χ3n) is 8.70. The van der Waals surface area contributed by atoms with Crippen molar-refractivity contribution in [3.8, 4) is 11.5 Å². The molecule has 2 aromatic carbocycles. The van der Waals surface area contributed by atoms with Gasteiger partial charge in [0, 0.05) is 25.2 Å². The molecule has 35 heavy (non-hydrogen) atoms. The maximum Gasteiger partial charge on any atom is 0.118 e.